The van der Waals surface area contributed by atoms with Gasteiger partial charge in [0.25, 0.3) is 0 Å². The molecule has 0 bridgehead atoms. The molecule has 0 aliphatic carbocycles. The molecule has 0 fully saturated rings. The van der Waals surface area contributed by atoms with E-state index in [9.17, 15) is 0 Å². The lowest BCUT2D eigenvalue weighted by Crippen LogP contribution is -2.35. The van der Waals surface area contributed by atoms with E-state index >= 15 is 0 Å². The van der Waals surface area contributed by atoms with Crippen molar-refractivity contribution in [1.82, 2.24) is 15.1 Å². The minimum absolute atomic E-state index is 0.739. The Morgan fingerprint density at radius 2 is 1.67 bits per heavy atom. The summed E-state index contributed by atoms with van der Waals surface area (Å²) in [7, 11) is 4.30. The Labute approximate surface area is 115 Å². The Balaban J connectivity index is 3.68. The summed E-state index contributed by atoms with van der Waals surface area (Å²) < 4.78 is 0. The smallest absolute Gasteiger partial charge is 0.00190 e. The van der Waals surface area contributed by atoms with Crippen molar-refractivity contribution in [1.29, 1.82) is 0 Å². The van der Waals surface area contributed by atoms with E-state index in [4.69, 9.17) is 0 Å². The Bertz CT molecular complexity index is 181. The molecule has 3 heteroatoms. The first-order valence-corrected chi connectivity index (χ1v) is 7.53. The second kappa shape index (κ2) is 10.8. The van der Waals surface area contributed by atoms with Crippen LogP contribution >= 0.6 is 0 Å². The predicted molar refractivity (Wildman–Crippen MR) is 82.2 cm³/mol. The van der Waals surface area contributed by atoms with Crippen LogP contribution in [-0.2, 0) is 0 Å². The van der Waals surface area contributed by atoms with Crippen molar-refractivity contribution in [3.63, 3.8) is 0 Å². The fraction of sp³-hybridized carbons (Fsp3) is 1.00. The summed E-state index contributed by atoms with van der Waals surface area (Å²) in [6.45, 7) is 16.2. The Morgan fingerprint density at radius 3 is 2.17 bits per heavy atom. The highest BCUT2D eigenvalue weighted by atomic mass is 15.1. The fourth-order valence-electron chi connectivity index (χ4n) is 2.11. The molecule has 0 heterocycles. The third-order valence-electron chi connectivity index (χ3n) is 3.14. The molecule has 1 N–H and O–H groups in total. The zero-order valence-electron chi connectivity index (χ0n) is 13.5. The van der Waals surface area contributed by atoms with Crippen LogP contribution in [-0.4, -0.2) is 63.2 Å². The number of nitrogens with one attached hydrogen (secondary N) is 1. The number of hydrogen-bond donors (Lipinski definition) is 1. The van der Waals surface area contributed by atoms with E-state index in [0.717, 1.165) is 24.9 Å². The summed E-state index contributed by atoms with van der Waals surface area (Å²) in [4.78, 5) is 4.84. The molecule has 0 aromatic carbocycles. The summed E-state index contributed by atoms with van der Waals surface area (Å²) in [5.74, 6) is 1.49. The van der Waals surface area contributed by atoms with Gasteiger partial charge in [-0.05, 0) is 65.1 Å². The van der Waals surface area contributed by atoms with E-state index in [2.05, 4.69) is 56.9 Å². The largest absolute Gasteiger partial charge is 0.316 e. The summed E-state index contributed by atoms with van der Waals surface area (Å²) in [6.07, 6.45) is 1.27. The zero-order valence-corrected chi connectivity index (χ0v) is 13.5. The molecule has 0 saturated carbocycles. The molecule has 0 aliphatic rings. The van der Waals surface area contributed by atoms with Crippen LogP contribution in [0.3, 0.4) is 0 Å². The van der Waals surface area contributed by atoms with Gasteiger partial charge in [0.1, 0.15) is 0 Å². The maximum atomic E-state index is 3.55. The van der Waals surface area contributed by atoms with Crippen LogP contribution in [0.1, 0.15) is 34.1 Å². The molecule has 0 radical (unpaired) electrons. The summed E-state index contributed by atoms with van der Waals surface area (Å²) >= 11 is 0. The molecule has 110 valence electrons. The van der Waals surface area contributed by atoms with Gasteiger partial charge < -0.3 is 15.1 Å². The second-order valence-corrected chi connectivity index (χ2v) is 6.21. The molecule has 0 rings (SSSR count). The van der Waals surface area contributed by atoms with E-state index in [1.165, 1.54) is 32.6 Å². The Morgan fingerprint density at radius 1 is 1.00 bits per heavy atom. The molecule has 0 aliphatic heterocycles. The van der Waals surface area contributed by atoms with Crippen molar-refractivity contribution in [2.45, 2.75) is 34.1 Å². The molecule has 18 heavy (non-hydrogen) atoms. The van der Waals surface area contributed by atoms with Gasteiger partial charge in [0.15, 0.2) is 0 Å². The van der Waals surface area contributed by atoms with Gasteiger partial charge in [0.2, 0.25) is 0 Å². The van der Waals surface area contributed by atoms with Crippen molar-refractivity contribution in [3.05, 3.63) is 0 Å². The lowest BCUT2D eigenvalue weighted by atomic mass is 10.1. The van der Waals surface area contributed by atoms with Crippen LogP contribution in [0.4, 0.5) is 0 Å². The van der Waals surface area contributed by atoms with Gasteiger partial charge >= 0.3 is 0 Å². The zero-order chi connectivity index (χ0) is 14.0. The SMILES string of the molecule is CCN(CCCN(C)C)CC(C)CNCC(C)C. The quantitative estimate of drug-likeness (QED) is 0.612. The molecule has 1 atom stereocenters. The highest BCUT2D eigenvalue weighted by Gasteiger charge is 2.08. The monoisotopic (exact) mass is 257 g/mol. The topological polar surface area (TPSA) is 18.5 Å². The second-order valence-electron chi connectivity index (χ2n) is 6.21. The standard InChI is InChI=1S/C15H35N3/c1-7-18(10-8-9-17(5)6)13-15(4)12-16-11-14(2)3/h14-16H,7-13H2,1-6H3. The lowest BCUT2D eigenvalue weighted by molar-refractivity contribution is 0.231. The normalized spacial score (nSPS) is 13.8. The summed E-state index contributed by atoms with van der Waals surface area (Å²) in [5.41, 5.74) is 0. The first kappa shape index (κ1) is 17.9. The molecule has 3 nitrogen and oxygen atoms in total. The molecule has 0 aromatic heterocycles. The Hall–Kier alpha value is -0.120. The van der Waals surface area contributed by atoms with Gasteiger partial charge in [0, 0.05) is 6.54 Å². The van der Waals surface area contributed by atoms with Crippen LogP contribution in [0, 0.1) is 11.8 Å². The third-order valence-corrected chi connectivity index (χ3v) is 3.14. The minimum atomic E-state index is 0.739. The molecule has 0 amide bonds. The molecule has 0 aromatic rings. The Kier molecular flexibility index (Phi) is 10.7. The van der Waals surface area contributed by atoms with Gasteiger partial charge in [0.05, 0.1) is 0 Å². The third kappa shape index (κ3) is 11.0. The first-order valence-electron chi connectivity index (χ1n) is 7.53. The summed E-state index contributed by atoms with van der Waals surface area (Å²) in [6, 6.07) is 0. The van der Waals surface area contributed by atoms with E-state index in [0.29, 0.717) is 0 Å². The van der Waals surface area contributed by atoms with Crippen LogP contribution in [0.2, 0.25) is 0 Å². The minimum Gasteiger partial charge on any atom is -0.316 e. The number of nitrogens with zero attached hydrogens (tertiary/aromatic N) is 2. The molecular formula is C15H35N3. The molecule has 0 spiro atoms. The van der Waals surface area contributed by atoms with E-state index < -0.39 is 0 Å². The number of rotatable bonds is 11. The van der Waals surface area contributed by atoms with Crippen molar-refractivity contribution < 1.29 is 0 Å². The molecule has 1 unspecified atom stereocenters. The average Bonchev–Trinajstić information content (AvgIpc) is 2.26. The lowest BCUT2D eigenvalue weighted by Gasteiger charge is -2.25. The molecule has 0 saturated heterocycles. The van der Waals surface area contributed by atoms with Gasteiger partial charge in [-0.15, -0.1) is 0 Å². The van der Waals surface area contributed by atoms with Crippen LogP contribution in [0.5, 0.6) is 0 Å². The van der Waals surface area contributed by atoms with Crippen LogP contribution in [0.15, 0.2) is 0 Å². The van der Waals surface area contributed by atoms with Crippen LogP contribution in [0.25, 0.3) is 0 Å². The van der Waals surface area contributed by atoms with Gasteiger partial charge in [-0.25, -0.2) is 0 Å². The highest BCUT2D eigenvalue weighted by molar-refractivity contribution is 4.65. The van der Waals surface area contributed by atoms with E-state index in [1.54, 1.807) is 0 Å². The first-order chi connectivity index (χ1) is 8.45. The highest BCUT2D eigenvalue weighted by Crippen LogP contribution is 2.01. The van der Waals surface area contributed by atoms with E-state index in [-0.39, 0.29) is 0 Å². The predicted octanol–water partition coefficient (Wildman–Crippen LogP) is 2.14. The summed E-state index contributed by atoms with van der Waals surface area (Å²) in [5, 5.41) is 3.55. The number of hydrogen-bond acceptors (Lipinski definition) is 3. The van der Waals surface area contributed by atoms with Gasteiger partial charge in [-0.2, -0.15) is 0 Å². The molecular weight excluding hydrogens is 222 g/mol. The van der Waals surface area contributed by atoms with Crippen molar-refractivity contribution >= 4 is 0 Å². The van der Waals surface area contributed by atoms with Gasteiger partial charge in [-0.1, -0.05) is 27.7 Å². The average molecular weight is 257 g/mol. The fourth-order valence-corrected chi connectivity index (χ4v) is 2.11. The maximum Gasteiger partial charge on any atom is 0.00190 e. The van der Waals surface area contributed by atoms with Gasteiger partial charge in [-0.3, -0.25) is 0 Å². The van der Waals surface area contributed by atoms with Crippen LogP contribution < -0.4 is 5.32 Å². The van der Waals surface area contributed by atoms with Crippen molar-refractivity contribution in [2.24, 2.45) is 11.8 Å². The maximum absolute atomic E-state index is 3.55. The van der Waals surface area contributed by atoms with Crippen molar-refractivity contribution in [2.75, 3.05) is 53.4 Å². The van der Waals surface area contributed by atoms with E-state index in [1.807, 2.05) is 0 Å². The van der Waals surface area contributed by atoms with Crippen molar-refractivity contribution in [3.8, 4) is 0 Å².